The van der Waals surface area contributed by atoms with Gasteiger partial charge < -0.3 is 4.98 Å². The quantitative estimate of drug-likeness (QED) is 0.669. The van der Waals surface area contributed by atoms with Gasteiger partial charge in [0.25, 0.3) is 5.56 Å². The van der Waals surface area contributed by atoms with Crippen molar-refractivity contribution in [2.75, 3.05) is 0 Å². The minimum atomic E-state index is -0.281. The first-order chi connectivity index (χ1) is 9.58. The third kappa shape index (κ3) is 2.17. The normalized spacial score (nSPS) is 10.9. The molecule has 0 spiro atoms. The predicted molar refractivity (Wildman–Crippen MR) is 83.0 cm³/mol. The van der Waals surface area contributed by atoms with Gasteiger partial charge in [0.05, 0.1) is 17.1 Å². The molecule has 5 nitrogen and oxygen atoms in total. The van der Waals surface area contributed by atoms with E-state index in [2.05, 4.69) is 30.9 Å². The van der Waals surface area contributed by atoms with E-state index in [-0.39, 0.29) is 21.2 Å². The zero-order valence-electron chi connectivity index (χ0n) is 9.80. The molecule has 1 N–H and O–H groups in total. The van der Waals surface area contributed by atoms with Crippen LogP contribution in [0.15, 0.2) is 40.0 Å². The number of hydrogen-bond donors (Lipinski definition) is 1. The molecule has 20 heavy (non-hydrogen) atoms. The van der Waals surface area contributed by atoms with Crippen molar-refractivity contribution in [2.45, 2.75) is 0 Å². The first-order valence-electron chi connectivity index (χ1n) is 5.48. The molecule has 100 valence electrons. The van der Waals surface area contributed by atoms with Crippen molar-refractivity contribution in [1.82, 2.24) is 19.5 Å². The van der Waals surface area contributed by atoms with Crippen LogP contribution in [0, 0.1) is 4.77 Å². The Balaban J connectivity index is 2.44. The number of fused-ring (bicyclic) bond motifs is 1. The molecule has 0 bridgehead atoms. The van der Waals surface area contributed by atoms with Gasteiger partial charge in [-0.1, -0.05) is 27.5 Å². The largest absolute Gasteiger partial charge is 0.331 e. The van der Waals surface area contributed by atoms with Crippen LogP contribution in [0.2, 0.25) is 5.02 Å². The van der Waals surface area contributed by atoms with Crippen molar-refractivity contribution < 1.29 is 0 Å². The van der Waals surface area contributed by atoms with E-state index in [0.29, 0.717) is 10.9 Å². The van der Waals surface area contributed by atoms with Gasteiger partial charge in [-0.05, 0) is 30.4 Å². The highest BCUT2D eigenvalue weighted by Crippen LogP contribution is 2.18. The second kappa shape index (κ2) is 5.08. The molecular formula is C12H6BrClN4OS. The first kappa shape index (κ1) is 13.4. The number of benzene rings is 1. The Kier molecular flexibility index (Phi) is 3.41. The molecule has 0 atom stereocenters. The molecule has 2 aromatic heterocycles. The maximum absolute atomic E-state index is 12.6. The molecule has 8 heteroatoms. The lowest BCUT2D eigenvalue weighted by Gasteiger charge is -2.08. The van der Waals surface area contributed by atoms with Crippen LogP contribution >= 0.6 is 39.7 Å². The lowest BCUT2D eigenvalue weighted by atomic mass is 10.2. The molecule has 0 aliphatic carbocycles. The molecule has 0 saturated heterocycles. The van der Waals surface area contributed by atoms with Gasteiger partial charge in [-0.2, -0.15) is 0 Å². The Hall–Kier alpha value is -1.57. The number of aromatic amines is 1. The molecule has 0 aliphatic rings. The summed E-state index contributed by atoms with van der Waals surface area (Å²) in [6, 6.07) is 5.28. The highest BCUT2D eigenvalue weighted by Gasteiger charge is 2.11. The molecule has 2 heterocycles. The third-order valence-electron chi connectivity index (χ3n) is 2.72. The molecule has 0 aliphatic heterocycles. The Morgan fingerprint density at radius 1 is 1.40 bits per heavy atom. The van der Waals surface area contributed by atoms with Crippen molar-refractivity contribution in [1.29, 1.82) is 0 Å². The second-order valence-electron chi connectivity index (χ2n) is 3.95. The summed E-state index contributed by atoms with van der Waals surface area (Å²) in [5.74, 6) is 0.262. The lowest BCUT2D eigenvalue weighted by Crippen LogP contribution is -2.21. The van der Waals surface area contributed by atoms with Crippen molar-refractivity contribution in [3.63, 3.8) is 0 Å². The Bertz CT molecular complexity index is 937. The summed E-state index contributed by atoms with van der Waals surface area (Å²) in [6.07, 6.45) is 2.73. The minimum absolute atomic E-state index is 0.223. The van der Waals surface area contributed by atoms with Crippen molar-refractivity contribution >= 4 is 50.7 Å². The molecule has 0 unspecified atom stereocenters. The Labute approximate surface area is 131 Å². The fourth-order valence-electron chi connectivity index (χ4n) is 1.85. The SMILES string of the molecule is O=c1c2ccc(Br)cc2[nH]c(=S)n1-c1ncncc1Cl. The number of halogens is 2. The summed E-state index contributed by atoms with van der Waals surface area (Å²) < 4.78 is 2.34. The van der Waals surface area contributed by atoms with Crippen LogP contribution < -0.4 is 5.56 Å². The van der Waals surface area contributed by atoms with E-state index in [1.807, 2.05) is 0 Å². The topological polar surface area (TPSA) is 63.6 Å². The van der Waals surface area contributed by atoms with E-state index in [4.69, 9.17) is 23.8 Å². The molecule has 0 saturated carbocycles. The summed E-state index contributed by atoms with van der Waals surface area (Å²) in [5, 5.41) is 0.752. The molecule has 1 aromatic carbocycles. The molecular weight excluding hydrogens is 364 g/mol. The summed E-state index contributed by atoms with van der Waals surface area (Å²) in [6.45, 7) is 0. The summed E-state index contributed by atoms with van der Waals surface area (Å²) in [7, 11) is 0. The van der Waals surface area contributed by atoms with E-state index >= 15 is 0 Å². The van der Waals surface area contributed by atoms with E-state index in [9.17, 15) is 4.79 Å². The average Bonchev–Trinajstić information content (AvgIpc) is 2.40. The third-order valence-corrected chi connectivity index (χ3v) is 3.76. The van der Waals surface area contributed by atoms with Gasteiger partial charge in [0.15, 0.2) is 10.6 Å². The molecule has 3 rings (SSSR count). The molecule has 0 radical (unpaired) electrons. The van der Waals surface area contributed by atoms with Crippen LogP contribution in [0.3, 0.4) is 0 Å². The minimum Gasteiger partial charge on any atom is -0.331 e. The summed E-state index contributed by atoms with van der Waals surface area (Å²) in [4.78, 5) is 23.4. The summed E-state index contributed by atoms with van der Waals surface area (Å²) >= 11 is 14.6. The Morgan fingerprint density at radius 2 is 2.20 bits per heavy atom. The van der Waals surface area contributed by atoms with Gasteiger partial charge in [-0.3, -0.25) is 4.79 Å². The number of rotatable bonds is 1. The fourth-order valence-corrected chi connectivity index (χ4v) is 2.68. The predicted octanol–water partition coefficient (Wildman–Crippen LogP) is 3.25. The monoisotopic (exact) mass is 368 g/mol. The van der Waals surface area contributed by atoms with Crippen LogP contribution in [0.5, 0.6) is 0 Å². The van der Waals surface area contributed by atoms with Gasteiger partial charge in [0.1, 0.15) is 11.3 Å². The highest BCUT2D eigenvalue weighted by molar-refractivity contribution is 9.10. The van der Waals surface area contributed by atoms with E-state index in [1.165, 1.54) is 17.1 Å². The van der Waals surface area contributed by atoms with Crippen molar-refractivity contribution in [2.24, 2.45) is 0 Å². The van der Waals surface area contributed by atoms with E-state index in [0.717, 1.165) is 4.47 Å². The first-order valence-corrected chi connectivity index (χ1v) is 7.06. The van der Waals surface area contributed by atoms with Crippen LogP contribution in [0.25, 0.3) is 16.7 Å². The number of hydrogen-bond acceptors (Lipinski definition) is 4. The fraction of sp³-hybridized carbons (Fsp3) is 0. The van der Waals surface area contributed by atoms with Gasteiger partial charge >= 0.3 is 0 Å². The maximum atomic E-state index is 12.6. The van der Waals surface area contributed by atoms with Crippen LogP contribution in [0.4, 0.5) is 0 Å². The van der Waals surface area contributed by atoms with Gasteiger partial charge in [-0.15, -0.1) is 0 Å². The maximum Gasteiger partial charge on any atom is 0.268 e. The van der Waals surface area contributed by atoms with Crippen LogP contribution in [-0.4, -0.2) is 19.5 Å². The number of nitrogens with zero attached hydrogens (tertiary/aromatic N) is 3. The standard InChI is InChI=1S/C12H6BrClN4OS/c13-6-1-2-7-9(3-6)17-12(20)18(11(7)19)10-8(14)4-15-5-16-10/h1-5H,(H,17,20). The van der Waals surface area contributed by atoms with Gasteiger partial charge in [-0.25, -0.2) is 14.5 Å². The van der Waals surface area contributed by atoms with E-state index < -0.39 is 0 Å². The van der Waals surface area contributed by atoms with Gasteiger partial charge in [0, 0.05) is 4.47 Å². The van der Waals surface area contributed by atoms with Crippen molar-refractivity contribution in [3.8, 4) is 5.82 Å². The molecule has 0 amide bonds. The molecule has 0 fully saturated rings. The van der Waals surface area contributed by atoms with Crippen molar-refractivity contribution in [3.05, 3.63) is 55.3 Å². The van der Waals surface area contributed by atoms with Crippen LogP contribution in [0.1, 0.15) is 0 Å². The lowest BCUT2D eigenvalue weighted by molar-refractivity contribution is 0.891. The second-order valence-corrected chi connectivity index (χ2v) is 5.66. The highest BCUT2D eigenvalue weighted by atomic mass is 79.9. The smallest absolute Gasteiger partial charge is 0.268 e. The number of aromatic nitrogens is 4. The Morgan fingerprint density at radius 3 is 2.95 bits per heavy atom. The number of nitrogens with one attached hydrogen (secondary N) is 1. The summed E-state index contributed by atoms with van der Waals surface area (Å²) in [5.41, 5.74) is 0.368. The number of H-pyrrole nitrogens is 1. The zero-order chi connectivity index (χ0) is 14.3. The zero-order valence-corrected chi connectivity index (χ0v) is 13.0. The molecule has 3 aromatic rings. The van der Waals surface area contributed by atoms with E-state index in [1.54, 1.807) is 18.2 Å². The average molecular weight is 370 g/mol. The van der Waals surface area contributed by atoms with Crippen LogP contribution in [-0.2, 0) is 0 Å². The van der Waals surface area contributed by atoms with Gasteiger partial charge in [0.2, 0.25) is 0 Å².